The summed E-state index contributed by atoms with van der Waals surface area (Å²) in [4.78, 5) is 34.8. The third-order valence-electron chi connectivity index (χ3n) is 6.09. The number of ether oxygens (including phenoxy) is 1. The quantitative estimate of drug-likeness (QED) is 0.495. The summed E-state index contributed by atoms with van der Waals surface area (Å²) < 4.78 is 20.1. The predicted molar refractivity (Wildman–Crippen MR) is 135 cm³/mol. The number of amides is 1. The third kappa shape index (κ3) is 4.98. The van der Waals surface area contributed by atoms with Crippen molar-refractivity contribution in [1.82, 2.24) is 14.9 Å². The van der Waals surface area contributed by atoms with Crippen LogP contribution in [0.15, 0.2) is 48.7 Å². The Morgan fingerprint density at radius 3 is 2.78 bits per heavy atom. The number of allylic oxidation sites excluding steroid dienone is 1. The van der Waals surface area contributed by atoms with E-state index in [0.29, 0.717) is 43.0 Å². The van der Waals surface area contributed by atoms with E-state index >= 15 is 0 Å². The van der Waals surface area contributed by atoms with Gasteiger partial charge in [0.25, 0.3) is 0 Å². The molecule has 2 heterocycles. The second-order valence-electron chi connectivity index (χ2n) is 9.98. The molecule has 8 heteroatoms. The molecule has 0 atom stereocenters. The second-order valence-corrected chi connectivity index (χ2v) is 9.98. The summed E-state index contributed by atoms with van der Waals surface area (Å²) >= 11 is 0. The highest BCUT2D eigenvalue weighted by Gasteiger charge is 2.26. The fraction of sp³-hybridized carbons (Fsp3) is 0.286. The summed E-state index contributed by atoms with van der Waals surface area (Å²) in [5.41, 5.74) is 4.44. The Hall–Kier alpha value is -4.07. The van der Waals surface area contributed by atoms with Gasteiger partial charge in [-0.1, -0.05) is 24.3 Å². The van der Waals surface area contributed by atoms with Gasteiger partial charge in [0.15, 0.2) is 23.2 Å². The van der Waals surface area contributed by atoms with E-state index in [1.165, 1.54) is 0 Å². The highest BCUT2D eigenvalue weighted by atomic mass is 19.1. The van der Waals surface area contributed by atoms with E-state index in [4.69, 9.17) is 4.74 Å². The molecule has 0 unspecified atom stereocenters. The minimum Gasteiger partial charge on any atom is -0.444 e. The Kier molecular flexibility index (Phi) is 6.04. The summed E-state index contributed by atoms with van der Waals surface area (Å²) in [6, 6.07) is 11.1. The van der Waals surface area contributed by atoms with Crippen LogP contribution in [0.3, 0.4) is 0 Å². The van der Waals surface area contributed by atoms with Crippen molar-refractivity contribution in [3.8, 4) is 11.4 Å². The predicted octanol–water partition coefficient (Wildman–Crippen LogP) is 5.92. The lowest BCUT2D eigenvalue weighted by Gasteiger charge is -2.31. The average molecular weight is 487 g/mol. The minimum absolute atomic E-state index is 0.0555. The van der Waals surface area contributed by atoms with Gasteiger partial charge in [0, 0.05) is 36.3 Å². The van der Waals surface area contributed by atoms with Gasteiger partial charge < -0.3 is 15.0 Å². The summed E-state index contributed by atoms with van der Waals surface area (Å²) in [5, 5.41) is 3.02. The molecule has 0 bridgehead atoms. The molecule has 36 heavy (non-hydrogen) atoms. The topological polar surface area (TPSA) is 84.4 Å². The molecule has 1 aromatic heterocycles. The minimum atomic E-state index is -0.575. The number of aromatic nitrogens is 2. The van der Waals surface area contributed by atoms with Crippen LogP contribution in [0.2, 0.25) is 0 Å². The maximum absolute atomic E-state index is 14.6. The van der Waals surface area contributed by atoms with Crippen molar-refractivity contribution in [2.75, 3.05) is 11.9 Å². The van der Waals surface area contributed by atoms with E-state index in [1.807, 2.05) is 51.1 Å². The van der Waals surface area contributed by atoms with Crippen LogP contribution >= 0.6 is 0 Å². The molecule has 2 aliphatic rings. The van der Waals surface area contributed by atoms with Crippen LogP contribution in [0.25, 0.3) is 17.5 Å². The van der Waals surface area contributed by atoms with Gasteiger partial charge in [0.1, 0.15) is 5.60 Å². The maximum Gasteiger partial charge on any atom is 0.410 e. The summed E-state index contributed by atoms with van der Waals surface area (Å²) in [6.07, 6.45) is 5.61. The molecule has 184 valence electrons. The number of hydrogen-bond donors (Lipinski definition) is 1. The smallest absolute Gasteiger partial charge is 0.410 e. The van der Waals surface area contributed by atoms with Gasteiger partial charge >= 0.3 is 6.09 Å². The van der Waals surface area contributed by atoms with E-state index in [2.05, 4.69) is 15.3 Å². The first-order chi connectivity index (χ1) is 17.2. The lowest BCUT2D eigenvalue weighted by molar-refractivity contribution is 0.0224. The monoisotopic (exact) mass is 486 g/mol. The van der Waals surface area contributed by atoms with Crippen molar-refractivity contribution in [3.05, 3.63) is 76.7 Å². The van der Waals surface area contributed by atoms with Gasteiger partial charge in [-0.2, -0.15) is 0 Å². The van der Waals surface area contributed by atoms with Gasteiger partial charge in [-0.25, -0.2) is 19.2 Å². The Balaban J connectivity index is 1.35. The van der Waals surface area contributed by atoms with Crippen molar-refractivity contribution in [2.24, 2.45) is 0 Å². The molecule has 1 aliphatic heterocycles. The van der Waals surface area contributed by atoms with E-state index in [-0.39, 0.29) is 17.7 Å². The third-order valence-corrected chi connectivity index (χ3v) is 6.09. The van der Waals surface area contributed by atoms with Gasteiger partial charge in [0.2, 0.25) is 0 Å². The first-order valence-corrected chi connectivity index (χ1v) is 11.9. The van der Waals surface area contributed by atoms with E-state index < -0.39 is 11.4 Å². The van der Waals surface area contributed by atoms with E-state index in [9.17, 15) is 14.0 Å². The Labute approximate surface area is 209 Å². The summed E-state index contributed by atoms with van der Waals surface area (Å²) in [7, 11) is 0. The van der Waals surface area contributed by atoms with E-state index in [0.717, 1.165) is 28.5 Å². The zero-order valence-corrected chi connectivity index (χ0v) is 20.5. The number of rotatable bonds is 3. The number of carbonyl (C=O) groups is 2. The van der Waals surface area contributed by atoms with Gasteiger partial charge in [-0.05, 0) is 68.1 Å². The molecule has 3 aromatic rings. The average Bonchev–Trinajstić information content (AvgIpc) is 2.84. The standard InChI is InChI=1S/C28H27FN4O3/c1-28(2,3)36-27(35)33-12-11-17-13-19(7-8-20(17)16-33)25-30-15-23(29)26(32-25)31-21-9-10-22-18(14-21)5-4-6-24(22)34/h4-5,7-10,13-15H,6,11-12,16H2,1-3H3,(H,30,31,32). The normalized spacial score (nSPS) is 14.8. The zero-order valence-electron chi connectivity index (χ0n) is 20.5. The molecule has 0 radical (unpaired) electrons. The number of Topliss-reactive ketones (excluding diaryl/α,β-unsaturated/α-hetero) is 1. The first-order valence-electron chi connectivity index (χ1n) is 11.9. The lowest BCUT2D eigenvalue weighted by Crippen LogP contribution is -2.39. The Morgan fingerprint density at radius 1 is 1.14 bits per heavy atom. The van der Waals surface area contributed by atoms with Crippen LogP contribution in [-0.2, 0) is 17.7 Å². The van der Waals surface area contributed by atoms with Crippen molar-refractivity contribution >= 4 is 29.5 Å². The van der Waals surface area contributed by atoms with Crippen molar-refractivity contribution in [1.29, 1.82) is 0 Å². The molecule has 1 amide bonds. The summed E-state index contributed by atoms with van der Waals surface area (Å²) in [5.74, 6) is -0.0607. The van der Waals surface area contributed by atoms with Gasteiger partial charge in [0.05, 0.1) is 6.20 Å². The largest absolute Gasteiger partial charge is 0.444 e. The van der Waals surface area contributed by atoms with Gasteiger partial charge in [-0.15, -0.1) is 0 Å². The number of anilines is 2. The second kappa shape index (κ2) is 9.18. The number of fused-ring (bicyclic) bond motifs is 2. The van der Waals surface area contributed by atoms with Gasteiger partial charge in [-0.3, -0.25) is 4.79 Å². The van der Waals surface area contributed by atoms with Crippen molar-refractivity contribution in [2.45, 2.75) is 45.8 Å². The number of benzene rings is 2. The Morgan fingerprint density at radius 2 is 1.97 bits per heavy atom. The molecular weight excluding hydrogens is 459 g/mol. The SMILES string of the molecule is CC(C)(C)OC(=O)N1CCc2cc(-c3ncc(F)c(Nc4ccc5c(c4)C=CCC5=O)n3)ccc2C1. The van der Waals surface area contributed by atoms with E-state index in [1.54, 1.807) is 23.1 Å². The van der Waals surface area contributed by atoms with Crippen LogP contribution in [0.5, 0.6) is 0 Å². The van der Waals surface area contributed by atoms with Crippen LogP contribution in [0.4, 0.5) is 20.7 Å². The number of hydrogen-bond acceptors (Lipinski definition) is 6. The summed E-state index contributed by atoms with van der Waals surface area (Å²) in [6.45, 7) is 6.58. The fourth-order valence-corrected chi connectivity index (χ4v) is 4.34. The van der Waals surface area contributed by atoms with Crippen LogP contribution in [0, 0.1) is 5.82 Å². The number of halogens is 1. The van der Waals surface area contributed by atoms with Crippen LogP contribution in [-0.4, -0.2) is 38.9 Å². The molecule has 5 rings (SSSR count). The van der Waals surface area contributed by atoms with Crippen molar-refractivity contribution < 1.29 is 18.7 Å². The first kappa shape index (κ1) is 23.7. The molecule has 0 spiro atoms. The van der Waals surface area contributed by atoms with Crippen LogP contribution < -0.4 is 5.32 Å². The number of nitrogens with zero attached hydrogens (tertiary/aromatic N) is 3. The lowest BCUT2D eigenvalue weighted by atomic mass is 9.96. The number of carbonyl (C=O) groups excluding carboxylic acids is 2. The number of ketones is 1. The molecular formula is C28H27FN4O3. The molecule has 2 aromatic carbocycles. The highest BCUT2D eigenvalue weighted by Crippen LogP contribution is 2.29. The molecule has 0 saturated heterocycles. The fourth-order valence-electron chi connectivity index (χ4n) is 4.34. The van der Waals surface area contributed by atoms with Crippen LogP contribution in [0.1, 0.15) is 54.2 Å². The molecule has 1 aliphatic carbocycles. The molecule has 1 N–H and O–H groups in total. The molecule has 0 fully saturated rings. The zero-order chi connectivity index (χ0) is 25.4. The molecule has 0 saturated carbocycles. The molecule has 7 nitrogen and oxygen atoms in total. The number of nitrogens with one attached hydrogen (secondary N) is 1. The van der Waals surface area contributed by atoms with Crippen molar-refractivity contribution in [3.63, 3.8) is 0 Å². The Bertz CT molecular complexity index is 1390. The highest BCUT2D eigenvalue weighted by molar-refractivity contribution is 6.03. The maximum atomic E-state index is 14.6.